The summed E-state index contributed by atoms with van der Waals surface area (Å²) in [4.78, 5) is 25.2. The SMILES string of the molecule is COc1cccc(-c2cc(C(N)=O)c3c(c2)-c2ccc(C(=O)NC4CCOCC4)cc2C3)c1. The number of benzene rings is 3. The number of primary amides is 1. The molecule has 0 aromatic heterocycles. The van der Waals surface area contributed by atoms with E-state index in [4.69, 9.17) is 15.2 Å². The number of rotatable bonds is 5. The van der Waals surface area contributed by atoms with E-state index >= 15 is 0 Å². The summed E-state index contributed by atoms with van der Waals surface area (Å²) in [6.45, 7) is 1.35. The van der Waals surface area contributed by atoms with E-state index in [2.05, 4.69) is 11.4 Å². The van der Waals surface area contributed by atoms with Gasteiger partial charge < -0.3 is 20.5 Å². The van der Waals surface area contributed by atoms with Crippen molar-refractivity contribution in [3.63, 3.8) is 0 Å². The summed E-state index contributed by atoms with van der Waals surface area (Å²) in [7, 11) is 1.63. The van der Waals surface area contributed by atoms with Gasteiger partial charge in [0.15, 0.2) is 0 Å². The molecule has 3 N–H and O–H groups in total. The fourth-order valence-corrected chi connectivity index (χ4v) is 4.74. The Morgan fingerprint density at radius 2 is 1.82 bits per heavy atom. The van der Waals surface area contributed by atoms with Crippen molar-refractivity contribution in [1.82, 2.24) is 5.32 Å². The normalized spacial score (nSPS) is 14.9. The topological polar surface area (TPSA) is 90.7 Å². The number of ether oxygens (including phenoxy) is 2. The maximum Gasteiger partial charge on any atom is 0.251 e. The van der Waals surface area contributed by atoms with Gasteiger partial charge in [0.05, 0.1) is 7.11 Å². The van der Waals surface area contributed by atoms with Crippen LogP contribution in [0.5, 0.6) is 5.75 Å². The van der Waals surface area contributed by atoms with E-state index in [0.717, 1.165) is 52.0 Å². The molecule has 0 radical (unpaired) electrons. The fourth-order valence-electron chi connectivity index (χ4n) is 4.74. The van der Waals surface area contributed by atoms with Gasteiger partial charge in [-0.05, 0) is 89.0 Å². The summed E-state index contributed by atoms with van der Waals surface area (Å²) in [5, 5.41) is 3.11. The molecule has 2 amide bonds. The third-order valence-corrected chi connectivity index (χ3v) is 6.50. The summed E-state index contributed by atoms with van der Waals surface area (Å²) >= 11 is 0. The molecule has 1 aliphatic heterocycles. The van der Waals surface area contributed by atoms with Gasteiger partial charge >= 0.3 is 0 Å². The monoisotopic (exact) mass is 442 g/mol. The minimum atomic E-state index is -0.457. The second kappa shape index (κ2) is 8.71. The first kappa shape index (κ1) is 21.2. The van der Waals surface area contributed by atoms with E-state index in [0.29, 0.717) is 30.8 Å². The van der Waals surface area contributed by atoms with Crippen LogP contribution in [0.1, 0.15) is 44.7 Å². The Morgan fingerprint density at radius 1 is 1.00 bits per heavy atom. The largest absolute Gasteiger partial charge is 0.497 e. The van der Waals surface area contributed by atoms with Crippen molar-refractivity contribution in [2.45, 2.75) is 25.3 Å². The van der Waals surface area contributed by atoms with E-state index < -0.39 is 5.91 Å². The Labute approximate surface area is 192 Å². The zero-order chi connectivity index (χ0) is 22.9. The van der Waals surface area contributed by atoms with Crippen LogP contribution in [-0.4, -0.2) is 38.2 Å². The van der Waals surface area contributed by atoms with Crippen LogP contribution in [0.2, 0.25) is 0 Å². The van der Waals surface area contributed by atoms with Crippen LogP contribution in [-0.2, 0) is 11.2 Å². The molecule has 0 atom stereocenters. The lowest BCUT2D eigenvalue weighted by atomic mass is 9.94. The van der Waals surface area contributed by atoms with Crippen LogP contribution < -0.4 is 15.8 Å². The van der Waals surface area contributed by atoms with Crippen LogP contribution in [0.25, 0.3) is 22.3 Å². The number of hydrogen-bond donors (Lipinski definition) is 2. The molecule has 0 spiro atoms. The molecule has 1 aliphatic carbocycles. The molecule has 5 rings (SSSR count). The van der Waals surface area contributed by atoms with E-state index in [1.165, 1.54) is 0 Å². The van der Waals surface area contributed by atoms with Crippen molar-refractivity contribution in [3.05, 3.63) is 76.9 Å². The van der Waals surface area contributed by atoms with Gasteiger partial charge in [-0.3, -0.25) is 9.59 Å². The second-order valence-corrected chi connectivity index (χ2v) is 8.55. The van der Waals surface area contributed by atoms with Crippen molar-refractivity contribution in [2.24, 2.45) is 5.73 Å². The fraction of sp³-hybridized carbons (Fsp3) is 0.259. The Morgan fingerprint density at radius 3 is 2.58 bits per heavy atom. The average molecular weight is 443 g/mol. The molecule has 6 nitrogen and oxygen atoms in total. The number of nitrogens with two attached hydrogens (primary N) is 1. The molecule has 1 fully saturated rings. The van der Waals surface area contributed by atoms with E-state index in [-0.39, 0.29) is 11.9 Å². The second-order valence-electron chi connectivity index (χ2n) is 8.55. The van der Waals surface area contributed by atoms with Gasteiger partial charge in [0.1, 0.15) is 5.75 Å². The summed E-state index contributed by atoms with van der Waals surface area (Å²) in [5.74, 6) is 0.211. The van der Waals surface area contributed by atoms with Crippen molar-refractivity contribution < 1.29 is 19.1 Å². The molecule has 1 saturated heterocycles. The number of carbonyl (C=O) groups excluding carboxylic acids is 2. The summed E-state index contributed by atoms with van der Waals surface area (Å²) in [5.41, 5.74) is 12.7. The van der Waals surface area contributed by atoms with Crippen LogP contribution >= 0.6 is 0 Å². The highest BCUT2D eigenvalue weighted by atomic mass is 16.5. The van der Waals surface area contributed by atoms with Crippen molar-refractivity contribution in [3.8, 4) is 28.0 Å². The molecular weight excluding hydrogens is 416 g/mol. The Kier molecular flexibility index (Phi) is 5.60. The maximum atomic E-state index is 12.8. The molecule has 6 heteroatoms. The third-order valence-electron chi connectivity index (χ3n) is 6.50. The molecule has 168 valence electrons. The highest BCUT2D eigenvalue weighted by molar-refractivity contribution is 6.01. The highest BCUT2D eigenvalue weighted by Gasteiger charge is 2.26. The molecule has 3 aromatic carbocycles. The minimum absolute atomic E-state index is 0.0761. The molecule has 2 aliphatic rings. The van der Waals surface area contributed by atoms with Crippen molar-refractivity contribution in [2.75, 3.05) is 20.3 Å². The molecule has 33 heavy (non-hydrogen) atoms. The lowest BCUT2D eigenvalue weighted by Crippen LogP contribution is -2.38. The third kappa shape index (κ3) is 4.10. The lowest BCUT2D eigenvalue weighted by molar-refractivity contribution is 0.0696. The molecule has 0 bridgehead atoms. The van der Waals surface area contributed by atoms with Crippen LogP contribution in [0.4, 0.5) is 0 Å². The maximum absolute atomic E-state index is 12.8. The van der Waals surface area contributed by atoms with Crippen LogP contribution in [0, 0.1) is 0 Å². The summed E-state index contributed by atoms with van der Waals surface area (Å²) < 4.78 is 10.7. The zero-order valence-corrected chi connectivity index (χ0v) is 18.5. The number of amides is 2. The number of carbonyl (C=O) groups is 2. The first-order valence-electron chi connectivity index (χ1n) is 11.2. The lowest BCUT2D eigenvalue weighted by Gasteiger charge is -2.23. The summed E-state index contributed by atoms with van der Waals surface area (Å²) in [6.07, 6.45) is 2.23. The van der Waals surface area contributed by atoms with E-state index in [1.807, 2.05) is 48.5 Å². The smallest absolute Gasteiger partial charge is 0.251 e. The number of nitrogens with one attached hydrogen (secondary N) is 1. The van der Waals surface area contributed by atoms with Gasteiger partial charge in [-0.1, -0.05) is 18.2 Å². The van der Waals surface area contributed by atoms with Crippen molar-refractivity contribution >= 4 is 11.8 Å². The van der Waals surface area contributed by atoms with Gasteiger partial charge in [-0.15, -0.1) is 0 Å². The quantitative estimate of drug-likeness (QED) is 0.490. The van der Waals surface area contributed by atoms with Crippen LogP contribution in [0.15, 0.2) is 54.6 Å². The standard InChI is InChI=1S/C27H26N2O4/c1-32-21-4-2-3-16(12-21)18-13-23-22-6-5-17(27(31)29-20-7-9-33-10-8-20)11-19(22)15-24(23)25(14-18)26(28)30/h2-6,11-14,20H,7-10,15H2,1H3,(H2,28,30)(H,29,31). The first-order chi connectivity index (χ1) is 16.0. The molecule has 0 unspecified atom stereocenters. The average Bonchev–Trinajstić information content (AvgIpc) is 3.21. The Bertz CT molecular complexity index is 1240. The predicted molar refractivity (Wildman–Crippen MR) is 126 cm³/mol. The molecule has 1 heterocycles. The molecular formula is C27H26N2O4. The summed E-state index contributed by atoms with van der Waals surface area (Å²) in [6, 6.07) is 17.6. The van der Waals surface area contributed by atoms with Gasteiger partial charge in [0, 0.05) is 30.4 Å². The first-order valence-corrected chi connectivity index (χ1v) is 11.2. The van der Waals surface area contributed by atoms with E-state index in [9.17, 15) is 9.59 Å². The number of fused-ring (bicyclic) bond motifs is 3. The van der Waals surface area contributed by atoms with Gasteiger partial charge in [-0.25, -0.2) is 0 Å². The predicted octanol–water partition coefficient (Wildman–Crippen LogP) is 3.94. The number of methoxy groups -OCH3 is 1. The number of hydrogen-bond acceptors (Lipinski definition) is 4. The van der Waals surface area contributed by atoms with Crippen LogP contribution in [0.3, 0.4) is 0 Å². The minimum Gasteiger partial charge on any atom is -0.497 e. The molecule has 3 aromatic rings. The van der Waals surface area contributed by atoms with Crippen molar-refractivity contribution in [1.29, 1.82) is 0 Å². The molecule has 0 saturated carbocycles. The van der Waals surface area contributed by atoms with Gasteiger partial charge in [0.2, 0.25) is 5.91 Å². The van der Waals surface area contributed by atoms with E-state index in [1.54, 1.807) is 7.11 Å². The zero-order valence-electron chi connectivity index (χ0n) is 18.5. The highest BCUT2D eigenvalue weighted by Crippen LogP contribution is 2.41. The van der Waals surface area contributed by atoms with Gasteiger partial charge in [-0.2, -0.15) is 0 Å². The Balaban J connectivity index is 1.50. The van der Waals surface area contributed by atoms with Gasteiger partial charge in [0.25, 0.3) is 5.91 Å². The Hall–Kier alpha value is -3.64.